The molecule has 566 valence electrons. The van der Waals surface area contributed by atoms with Gasteiger partial charge in [-0.3, -0.25) is 33.6 Å². The summed E-state index contributed by atoms with van der Waals surface area (Å²) in [5.41, 5.74) is -8.04. The molecule has 2 radical (unpaired) electrons. The number of nitrogens with zero attached hydrogens (tertiary/aromatic N) is 2. The van der Waals surface area contributed by atoms with Crippen molar-refractivity contribution in [2.75, 3.05) is 104 Å². The second kappa shape index (κ2) is 46.4. The van der Waals surface area contributed by atoms with Gasteiger partial charge in [0.2, 0.25) is 11.8 Å². The van der Waals surface area contributed by atoms with Crippen LogP contribution in [0.15, 0.2) is 29.4 Å². The molecule has 1 saturated heterocycles. The van der Waals surface area contributed by atoms with E-state index in [-0.39, 0.29) is 111 Å². The lowest BCUT2D eigenvalue weighted by atomic mass is 9.41. The monoisotopic (exact) mass is 1470 g/mol. The maximum Gasteiger partial charge on any atom is 0.311 e. The third-order valence-electron chi connectivity index (χ3n) is 18.1. The van der Waals surface area contributed by atoms with Gasteiger partial charge in [0.05, 0.1) is 60.8 Å². The van der Waals surface area contributed by atoms with E-state index in [1.165, 1.54) is 34.9 Å². The SMILES string of the molecule is CCCCCCCSSCCNC(=O)C(C)([B]CC(C)(CC(C)(CC(C)(CCC)C(=O)O)C(=O)OCCCC)C(=O)OCCN(C)C)CC(C)(CC(C)(C[B]C(C)(CC)C(=O)OCCOCCO[C@@H]1O[C@H](CO)[C@H](O)[C@H](O)[C@H]1O)C(=O)NCC(C)O)C(=O)OCCSSc1ccccn1. The minimum absolute atomic E-state index is 0.0399. The zero-order chi connectivity index (χ0) is 74.5. The first kappa shape index (κ1) is 91.7. The lowest BCUT2D eigenvalue weighted by Crippen LogP contribution is -2.59. The van der Waals surface area contributed by atoms with Gasteiger partial charge in [0, 0.05) is 59.1 Å². The molecule has 0 spiro atoms. The summed E-state index contributed by atoms with van der Waals surface area (Å²) in [6.07, 6.45) is -0.308. The molecular formula is C69H120B2N4O20S4. The van der Waals surface area contributed by atoms with Crippen molar-refractivity contribution in [1.82, 2.24) is 20.5 Å². The number of aliphatic hydroxyl groups excluding tert-OH is 5. The predicted molar refractivity (Wildman–Crippen MR) is 391 cm³/mol. The van der Waals surface area contributed by atoms with Gasteiger partial charge in [0.1, 0.15) is 63.8 Å². The molecule has 99 heavy (non-hydrogen) atoms. The number of rotatable bonds is 55. The number of amides is 2. The summed E-state index contributed by atoms with van der Waals surface area (Å²) in [6, 6.07) is 5.50. The predicted octanol–water partition coefficient (Wildman–Crippen LogP) is 8.64. The minimum Gasteiger partial charge on any atom is -0.481 e. The van der Waals surface area contributed by atoms with Crippen molar-refractivity contribution in [3.05, 3.63) is 24.4 Å². The molecule has 30 heteroatoms. The van der Waals surface area contributed by atoms with Crippen LogP contribution < -0.4 is 10.6 Å². The average Bonchev–Trinajstić information content (AvgIpc) is 0.793. The number of carboxylic acids is 1. The van der Waals surface area contributed by atoms with Crippen LogP contribution in [0.5, 0.6) is 0 Å². The summed E-state index contributed by atoms with van der Waals surface area (Å²) in [6.45, 7) is 19.8. The molecule has 1 aliphatic rings. The maximum absolute atomic E-state index is 15.6. The highest BCUT2D eigenvalue weighted by Crippen LogP contribution is 2.53. The van der Waals surface area contributed by atoms with Gasteiger partial charge in [0.15, 0.2) is 6.29 Å². The summed E-state index contributed by atoms with van der Waals surface area (Å²) in [4.78, 5) is 110. The van der Waals surface area contributed by atoms with E-state index in [2.05, 4.69) is 22.5 Å². The molecule has 8 unspecified atom stereocenters. The average molecular weight is 1480 g/mol. The van der Waals surface area contributed by atoms with Crippen molar-refractivity contribution < 1.29 is 97.4 Å². The molecule has 2 rings (SSSR count). The van der Waals surface area contributed by atoms with Gasteiger partial charge in [0.25, 0.3) is 0 Å². The summed E-state index contributed by atoms with van der Waals surface area (Å²) < 4.78 is 40.4. The molecule has 1 aromatic heterocycles. The number of ether oxygens (including phenoxy) is 7. The Kier molecular flexibility index (Phi) is 43.0. The Morgan fingerprint density at radius 3 is 1.82 bits per heavy atom. The smallest absolute Gasteiger partial charge is 0.311 e. The highest BCUT2D eigenvalue weighted by atomic mass is 33.1. The first-order valence-electron chi connectivity index (χ1n) is 35.1. The number of aliphatic hydroxyl groups is 5. The van der Waals surface area contributed by atoms with Crippen molar-refractivity contribution in [2.45, 2.75) is 238 Å². The Labute approximate surface area is 607 Å². The number of pyridine rings is 1. The molecule has 1 aromatic rings. The Bertz CT molecular complexity index is 2560. The van der Waals surface area contributed by atoms with Crippen LogP contribution in [0.2, 0.25) is 23.3 Å². The van der Waals surface area contributed by atoms with Crippen LogP contribution in [-0.2, 0) is 66.7 Å². The van der Waals surface area contributed by atoms with Gasteiger partial charge in [-0.15, -0.1) is 0 Å². The van der Waals surface area contributed by atoms with E-state index >= 15 is 19.2 Å². The third kappa shape index (κ3) is 31.9. The minimum atomic E-state index is -1.76. The van der Waals surface area contributed by atoms with Crippen LogP contribution in [-0.4, -0.2) is 237 Å². The van der Waals surface area contributed by atoms with E-state index in [4.69, 9.17) is 33.2 Å². The van der Waals surface area contributed by atoms with E-state index in [0.717, 1.165) is 36.5 Å². The van der Waals surface area contributed by atoms with Gasteiger partial charge >= 0.3 is 29.8 Å². The number of likely N-dealkylation sites (N-methyl/N-ethyl adjacent to an activating group) is 1. The van der Waals surface area contributed by atoms with Crippen LogP contribution in [0.3, 0.4) is 0 Å². The van der Waals surface area contributed by atoms with Gasteiger partial charge in [-0.05, 0) is 123 Å². The van der Waals surface area contributed by atoms with E-state index in [1.54, 1.807) is 104 Å². The second-order valence-corrected chi connectivity index (χ2v) is 33.5. The molecule has 1 aliphatic heterocycles. The molecule has 2 heterocycles. The fourth-order valence-corrected chi connectivity index (χ4v) is 15.8. The molecular weight excluding hydrogens is 1350 g/mol. The quantitative estimate of drug-likeness (QED) is 0.00994. The highest BCUT2D eigenvalue weighted by Gasteiger charge is 2.55. The van der Waals surface area contributed by atoms with Crippen LogP contribution in [0, 0.1) is 27.1 Å². The molecule has 24 nitrogen and oxygen atoms in total. The molecule has 0 aliphatic carbocycles. The highest BCUT2D eigenvalue weighted by molar-refractivity contribution is 8.77. The fourth-order valence-electron chi connectivity index (χ4n) is 12.1. The first-order chi connectivity index (χ1) is 46.6. The fraction of sp³-hybridized carbons (Fsp3) is 0.826. The molecule has 8 N–H and O–H groups in total. The number of carboxylic acid groups (broad SMARTS) is 1. The Balaban J connectivity index is 2.84. The van der Waals surface area contributed by atoms with E-state index in [9.17, 15) is 45.0 Å². The standard InChI is InChI=1S/C69H120B2N4O20S4/c1-15-19-21-22-25-38-96-97-39-29-73-57(82)69(12,71-48-67(10,61(87)92-32-30-75(13)14)45-64(7,59(85)91-31-20-16-2)43-63(6,27-17-3)58(83)84)46-65(8,60(86)94-37-40-98-99-51-26-23-24-28-72-51)44-66(9,56(81)74-41-49(5)77)47-70-68(11,18-4)62(88)93-36-34-89-33-35-90-55-54(80)53(79)52(78)50(42-76)95-55/h23-24,26,28,49-50,52-55,76-80H,15-22,25,27,29-48H2,1-14H3,(H,73,82)(H,74,81)(H,83,84)/t49?,50-,52+,53+,54-,55-,63?,64?,65?,66?,67?,68?,69?/m1/s1. The first-order valence-corrected chi connectivity index (χ1v) is 39.9. The topological polar surface area (TPSA) is 346 Å². The van der Waals surface area contributed by atoms with E-state index in [0.29, 0.717) is 37.3 Å². The molecule has 0 aromatic carbocycles. The number of hydrogen-bond donors (Lipinski definition) is 8. The van der Waals surface area contributed by atoms with Gasteiger partial charge in [-0.1, -0.05) is 138 Å². The van der Waals surface area contributed by atoms with Crippen LogP contribution >= 0.6 is 43.2 Å². The van der Waals surface area contributed by atoms with E-state index < -0.39 is 123 Å². The molecule has 0 bridgehead atoms. The van der Waals surface area contributed by atoms with Crippen molar-refractivity contribution in [2.24, 2.45) is 27.1 Å². The number of hydrogen-bond acceptors (Lipinski definition) is 25. The number of nitrogens with one attached hydrogen (secondary N) is 2. The number of aliphatic carboxylic acids is 1. The number of carbonyl (C=O) groups excluding carboxylic acids is 6. The lowest BCUT2D eigenvalue weighted by Gasteiger charge is -2.44. The molecule has 0 saturated carbocycles. The summed E-state index contributed by atoms with van der Waals surface area (Å²) in [5.74, 6) is -3.26. The second-order valence-electron chi connectivity index (χ2n) is 28.4. The summed E-state index contributed by atoms with van der Waals surface area (Å²) in [5, 5.41) is 65.1. The van der Waals surface area contributed by atoms with Gasteiger partial charge < -0.3 is 79.3 Å². The maximum atomic E-state index is 15.6. The lowest BCUT2D eigenvalue weighted by molar-refractivity contribution is -0.302. The molecule has 1 fully saturated rings. The molecule has 2 amide bonds. The zero-order valence-electron chi connectivity index (χ0n) is 61.6. The summed E-state index contributed by atoms with van der Waals surface area (Å²) >= 11 is 0. The number of carbonyl (C=O) groups is 7. The van der Waals surface area contributed by atoms with Crippen molar-refractivity contribution in [3.8, 4) is 0 Å². The van der Waals surface area contributed by atoms with E-state index in [1.807, 2.05) is 45.0 Å². The van der Waals surface area contributed by atoms with Crippen LogP contribution in [0.1, 0.15) is 173 Å². The van der Waals surface area contributed by atoms with Crippen LogP contribution in [0.4, 0.5) is 0 Å². The largest absolute Gasteiger partial charge is 0.481 e. The normalized spacial score (nSPS) is 20.9. The Morgan fingerprint density at radius 2 is 1.20 bits per heavy atom. The van der Waals surface area contributed by atoms with Crippen LogP contribution in [0.25, 0.3) is 0 Å². The van der Waals surface area contributed by atoms with Gasteiger partial charge in [-0.2, -0.15) is 0 Å². The number of esters is 4. The number of aromatic nitrogens is 1. The Morgan fingerprint density at radius 1 is 0.616 bits per heavy atom. The van der Waals surface area contributed by atoms with Crippen molar-refractivity contribution in [1.29, 1.82) is 0 Å². The van der Waals surface area contributed by atoms with Crippen molar-refractivity contribution >= 4 is 99.4 Å². The number of unbranched alkanes of at least 4 members (excludes halogenated alkanes) is 5. The Hall–Kier alpha value is -3.39. The van der Waals surface area contributed by atoms with Crippen molar-refractivity contribution in [3.63, 3.8) is 0 Å². The zero-order valence-corrected chi connectivity index (χ0v) is 64.8. The summed E-state index contributed by atoms with van der Waals surface area (Å²) in [7, 11) is 13.1. The third-order valence-corrected chi connectivity index (χ3v) is 22.8. The van der Waals surface area contributed by atoms with Gasteiger partial charge in [-0.25, -0.2) is 4.98 Å². The molecule has 13 atom stereocenters.